The van der Waals surface area contributed by atoms with E-state index in [1.54, 1.807) is 0 Å². The summed E-state index contributed by atoms with van der Waals surface area (Å²) in [5.41, 5.74) is 3.73. The van der Waals surface area contributed by atoms with E-state index >= 15 is 0 Å². The highest BCUT2D eigenvalue weighted by Crippen LogP contribution is 2.20. The van der Waals surface area contributed by atoms with Crippen molar-refractivity contribution in [3.63, 3.8) is 0 Å². The lowest BCUT2D eigenvalue weighted by Crippen LogP contribution is -2.31. The Morgan fingerprint density at radius 1 is 1.25 bits per heavy atom. The van der Waals surface area contributed by atoms with Gasteiger partial charge in [0, 0.05) is 6.42 Å². The maximum atomic E-state index is 4.55. The number of imidazole rings is 1. The molecule has 2 aromatic rings. The van der Waals surface area contributed by atoms with Crippen LogP contribution in [0.1, 0.15) is 31.2 Å². The number of H-pyrrole nitrogens is 1. The molecule has 1 atom stereocenters. The third-order valence-electron chi connectivity index (χ3n) is 4.18. The molecule has 1 saturated heterocycles. The molecule has 1 aromatic heterocycles. The van der Waals surface area contributed by atoms with Crippen molar-refractivity contribution < 1.29 is 0 Å². The van der Waals surface area contributed by atoms with Crippen molar-refractivity contribution in [1.82, 2.24) is 15.3 Å². The lowest BCUT2D eigenvalue weighted by atomic mass is 9.96. The first kappa shape index (κ1) is 13.4. The minimum atomic E-state index is 0.727. The summed E-state index contributed by atoms with van der Waals surface area (Å²) >= 11 is 0. The lowest BCUT2D eigenvalue weighted by molar-refractivity contribution is 0.371. The minimum absolute atomic E-state index is 0.727. The van der Waals surface area contributed by atoms with Gasteiger partial charge in [0.2, 0.25) is 0 Å². The summed E-state index contributed by atoms with van der Waals surface area (Å²) in [4.78, 5) is 8.02. The summed E-state index contributed by atoms with van der Waals surface area (Å²) in [7, 11) is 0. The standard InChI is InChI=1S/C17H23N3/c1-2-13-5-7-15(8-6-13)16-12-19-17(20-16)10-14-4-3-9-18-11-14/h5-8,12,14,18H,2-4,9-11H2,1H3,(H,19,20). The van der Waals surface area contributed by atoms with Crippen molar-refractivity contribution in [3.8, 4) is 11.3 Å². The first-order valence-electron chi connectivity index (χ1n) is 7.69. The van der Waals surface area contributed by atoms with E-state index in [2.05, 4.69) is 46.5 Å². The second-order valence-electron chi connectivity index (χ2n) is 5.71. The molecule has 0 saturated carbocycles. The Morgan fingerprint density at radius 2 is 2.10 bits per heavy atom. The topological polar surface area (TPSA) is 40.7 Å². The van der Waals surface area contributed by atoms with Gasteiger partial charge in [-0.3, -0.25) is 0 Å². The average molecular weight is 269 g/mol. The second kappa shape index (κ2) is 6.23. The fourth-order valence-electron chi connectivity index (χ4n) is 2.90. The van der Waals surface area contributed by atoms with Crippen LogP contribution < -0.4 is 5.32 Å². The molecule has 1 unspecified atom stereocenters. The van der Waals surface area contributed by atoms with Gasteiger partial charge in [-0.1, -0.05) is 31.2 Å². The summed E-state index contributed by atoms with van der Waals surface area (Å²) < 4.78 is 0. The summed E-state index contributed by atoms with van der Waals surface area (Å²) in [6.45, 7) is 4.48. The highest BCUT2D eigenvalue weighted by atomic mass is 14.9. The molecule has 106 valence electrons. The molecule has 2 N–H and O–H groups in total. The van der Waals surface area contributed by atoms with Gasteiger partial charge < -0.3 is 10.3 Å². The quantitative estimate of drug-likeness (QED) is 0.895. The zero-order valence-electron chi connectivity index (χ0n) is 12.2. The SMILES string of the molecule is CCc1ccc(-c2cnc(CC3CCCNC3)[nH]2)cc1. The van der Waals surface area contributed by atoms with Gasteiger partial charge in [-0.2, -0.15) is 0 Å². The zero-order chi connectivity index (χ0) is 13.8. The number of rotatable bonds is 4. The first-order chi connectivity index (χ1) is 9.85. The normalized spacial score (nSPS) is 19.1. The van der Waals surface area contributed by atoms with Crippen LogP contribution in [0.5, 0.6) is 0 Å². The number of aromatic nitrogens is 2. The van der Waals surface area contributed by atoms with Gasteiger partial charge >= 0.3 is 0 Å². The van der Waals surface area contributed by atoms with Crippen molar-refractivity contribution >= 4 is 0 Å². The number of hydrogen-bond donors (Lipinski definition) is 2. The van der Waals surface area contributed by atoms with Crippen molar-refractivity contribution in [2.45, 2.75) is 32.6 Å². The summed E-state index contributed by atoms with van der Waals surface area (Å²) in [5.74, 6) is 1.85. The van der Waals surface area contributed by atoms with Gasteiger partial charge in [0.1, 0.15) is 5.82 Å². The van der Waals surface area contributed by atoms with Gasteiger partial charge in [0.15, 0.2) is 0 Å². The number of aryl methyl sites for hydroxylation is 1. The molecule has 0 radical (unpaired) electrons. The fourth-order valence-corrected chi connectivity index (χ4v) is 2.90. The monoisotopic (exact) mass is 269 g/mol. The first-order valence-corrected chi connectivity index (χ1v) is 7.69. The maximum absolute atomic E-state index is 4.55. The Balaban J connectivity index is 1.68. The Kier molecular flexibility index (Phi) is 4.16. The molecular formula is C17H23N3. The lowest BCUT2D eigenvalue weighted by Gasteiger charge is -2.21. The molecule has 0 spiro atoms. The van der Waals surface area contributed by atoms with Gasteiger partial charge in [-0.15, -0.1) is 0 Å². The van der Waals surface area contributed by atoms with Crippen molar-refractivity contribution in [3.05, 3.63) is 41.9 Å². The number of nitrogens with one attached hydrogen (secondary N) is 2. The molecule has 1 aromatic carbocycles. The van der Waals surface area contributed by atoms with Crippen LogP contribution in [-0.2, 0) is 12.8 Å². The minimum Gasteiger partial charge on any atom is -0.342 e. The Bertz CT molecular complexity index is 536. The van der Waals surface area contributed by atoms with Crippen molar-refractivity contribution in [2.24, 2.45) is 5.92 Å². The van der Waals surface area contributed by atoms with Gasteiger partial charge in [-0.25, -0.2) is 4.98 Å². The second-order valence-corrected chi connectivity index (χ2v) is 5.71. The zero-order valence-corrected chi connectivity index (χ0v) is 12.2. The van der Waals surface area contributed by atoms with E-state index in [0.29, 0.717) is 0 Å². The third kappa shape index (κ3) is 3.10. The van der Waals surface area contributed by atoms with Crippen LogP contribution in [-0.4, -0.2) is 23.1 Å². The fraction of sp³-hybridized carbons (Fsp3) is 0.471. The number of piperidine rings is 1. The number of hydrogen-bond acceptors (Lipinski definition) is 2. The smallest absolute Gasteiger partial charge is 0.106 e. The highest BCUT2D eigenvalue weighted by Gasteiger charge is 2.15. The van der Waals surface area contributed by atoms with E-state index in [1.165, 1.54) is 30.5 Å². The molecule has 1 aliphatic heterocycles. The maximum Gasteiger partial charge on any atom is 0.106 e. The van der Waals surface area contributed by atoms with Crippen LogP contribution in [0.25, 0.3) is 11.3 Å². The predicted octanol–water partition coefficient (Wildman–Crippen LogP) is 3.18. The Hall–Kier alpha value is -1.61. The van der Waals surface area contributed by atoms with Gasteiger partial charge in [0.05, 0.1) is 11.9 Å². The highest BCUT2D eigenvalue weighted by molar-refractivity contribution is 5.58. The van der Waals surface area contributed by atoms with Gasteiger partial charge in [0.25, 0.3) is 0 Å². The van der Waals surface area contributed by atoms with E-state index in [0.717, 1.165) is 36.8 Å². The van der Waals surface area contributed by atoms with Gasteiger partial charge in [-0.05, 0) is 49.4 Å². The van der Waals surface area contributed by atoms with Crippen LogP contribution >= 0.6 is 0 Å². The molecule has 2 heterocycles. The molecule has 0 bridgehead atoms. The van der Waals surface area contributed by atoms with Crippen LogP contribution in [0.15, 0.2) is 30.5 Å². The van der Waals surface area contributed by atoms with Crippen LogP contribution in [0.4, 0.5) is 0 Å². The molecule has 1 fully saturated rings. The molecule has 20 heavy (non-hydrogen) atoms. The summed E-state index contributed by atoms with van der Waals surface area (Å²) in [5, 5.41) is 3.46. The van der Waals surface area contributed by atoms with E-state index in [-0.39, 0.29) is 0 Å². The number of aromatic amines is 1. The largest absolute Gasteiger partial charge is 0.342 e. The van der Waals surface area contributed by atoms with Crippen LogP contribution in [0.3, 0.4) is 0 Å². The molecule has 1 aliphatic rings. The summed E-state index contributed by atoms with van der Waals surface area (Å²) in [6, 6.07) is 8.75. The van der Waals surface area contributed by atoms with E-state index in [1.807, 2.05) is 6.20 Å². The number of nitrogens with zero attached hydrogens (tertiary/aromatic N) is 1. The van der Waals surface area contributed by atoms with Crippen LogP contribution in [0, 0.1) is 5.92 Å². The Morgan fingerprint density at radius 3 is 2.80 bits per heavy atom. The number of benzene rings is 1. The molecule has 0 aliphatic carbocycles. The van der Waals surface area contributed by atoms with E-state index < -0.39 is 0 Å². The molecule has 0 amide bonds. The van der Waals surface area contributed by atoms with E-state index in [9.17, 15) is 0 Å². The third-order valence-corrected chi connectivity index (χ3v) is 4.18. The predicted molar refractivity (Wildman–Crippen MR) is 82.7 cm³/mol. The average Bonchev–Trinajstić information content (AvgIpc) is 2.97. The molecule has 3 nitrogen and oxygen atoms in total. The molecule has 3 rings (SSSR count). The Labute approximate surface area is 120 Å². The summed E-state index contributed by atoms with van der Waals surface area (Å²) in [6.07, 6.45) is 6.71. The molecular weight excluding hydrogens is 246 g/mol. The van der Waals surface area contributed by atoms with Crippen LogP contribution in [0.2, 0.25) is 0 Å². The van der Waals surface area contributed by atoms with Crippen molar-refractivity contribution in [1.29, 1.82) is 0 Å². The molecule has 3 heteroatoms. The van der Waals surface area contributed by atoms with Crippen molar-refractivity contribution in [2.75, 3.05) is 13.1 Å². The van der Waals surface area contributed by atoms with E-state index in [4.69, 9.17) is 0 Å².